The number of hydrogen-bond donors (Lipinski definition) is 0. The van der Waals surface area contributed by atoms with E-state index in [-0.39, 0.29) is 5.69 Å². The zero-order valence-electron chi connectivity index (χ0n) is 13.5. The summed E-state index contributed by atoms with van der Waals surface area (Å²) in [6.45, 7) is 6.48. The molecule has 0 radical (unpaired) electrons. The van der Waals surface area contributed by atoms with Crippen LogP contribution < -0.4 is 4.90 Å². The molecule has 1 aromatic carbocycles. The van der Waals surface area contributed by atoms with Gasteiger partial charge in [-0.25, -0.2) is 0 Å². The molecule has 6 heteroatoms. The Labute approximate surface area is 132 Å². The van der Waals surface area contributed by atoms with Crippen molar-refractivity contribution in [1.82, 2.24) is 0 Å². The van der Waals surface area contributed by atoms with E-state index in [0.29, 0.717) is 26.7 Å². The summed E-state index contributed by atoms with van der Waals surface area (Å²) >= 11 is 0. The molecule has 0 aromatic heterocycles. The van der Waals surface area contributed by atoms with E-state index in [0.717, 1.165) is 31.4 Å². The van der Waals surface area contributed by atoms with Crippen molar-refractivity contribution < 1.29 is 14.4 Å². The third-order valence-electron chi connectivity index (χ3n) is 3.20. The Bertz CT molecular complexity index is 411. The molecule has 1 rings (SSSR count). The highest BCUT2D eigenvalue weighted by atomic mass is 16.6. The van der Waals surface area contributed by atoms with Crippen LogP contribution in [0.15, 0.2) is 24.3 Å². The zero-order chi connectivity index (χ0) is 16.2. The molecule has 22 heavy (non-hydrogen) atoms. The molecule has 6 nitrogen and oxygen atoms in total. The van der Waals surface area contributed by atoms with Crippen molar-refractivity contribution in [3.05, 3.63) is 34.4 Å². The summed E-state index contributed by atoms with van der Waals surface area (Å²) in [5.41, 5.74) is 0.945. The van der Waals surface area contributed by atoms with Gasteiger partial charge in [-0.3, -0.25) is 10.1 Å². The number of hydrogen-bond acceptors (Lipinski definition) is 5. The molecule has 0 aliphatic rings. The number of nitro groups is 1. The van der Waals surface area contributed by atoms with E-state index in [4.69, 9.17) is 9.47 Å². The van der Waals surface area contributed by atoms with Gasteiger partial charge in [0, 0.05) is 31.0 Å². The predicted molar refractivity (Wildman–Crippen MR) is 87.0 cm³/mol. The number of non-ortho nitro benzene ring substituents is 1. The summed E-state index contributed by atoms with van der Waals surface area (Å²) in [6, 6.07) is 6.45. The van der Waals surface area contributed by atoms with Crippen molar-refractivity contribution in [2.24, 2.45) is 0 Å². The molecular formula is C16H26N2O4. The number of ether oxygens (including phenoxy) is 2. The Hall–Kier alpha value is -1.66. The highest BCUT2D eigenvalue weighted by Gasteiger charge is 2.10. The van der Waals surface area contributed by atoms with Crippen molar-refractivity contribution in [3.8, 4) is 0 Å². The SMILES string of the molecule is CCCCOCN(COCCCC)c1ccc([N+](=O)[O-])cc1. The average molecular weight is 310 g/mol. The molecule has 0 atom stereocenters. The van der Waals surface area contributed by atoms with Gasteiger partial charge in [0.05, 0.1) is 4.92 Å². The van der Waals surface area contributed by atoms with Crippen LogP contribution in [0.1, 0.15) is 39.5 Å². The van der Waals surface area contributed by atoms with E-state index in [9.17, 15) is 10.1 Å². The zero-order valence-corrected chi connectivity index (χ0v) is 13.5. The van der Waals surface area contributed by atoms with Gasteiger partial charge in [-0.2, -0.15) is 0 Å². The highest BCUT2D eigenvalue weighted by molar-refractivity contribution is 5.50. The van der Waals surface area contributed by atoms with Gasteiger partial charge in [0.15, 0.2) is 0 Å². The number of nitrogens with zero attached hydrogens (tertiary/aromatic N) is 2. The van der Waals surface area contributed by atoms with E-state index >= 15 is 0 Å². The largest absolute Gasteiger partial charge is 0.361 e. The first-order valence-corrected chi connectivity index (χ1v) is 7.84. The van der Waals surface area contributed by atoms with Crippen LogP contribution in [0.3, 0.4) is 0 Å². The number of nitro benzene ring substituents is 1. The molecule has 0 spiro atoms. The van der Waals surface area contributed by atoms with Crippen LogP contribution in [-0.4, -0.2) is 31.6 Å². The molecule has 0 fully saturated rings. The lowest BCUT2D eigenvalue weighted by Gasteiger charge is -2.24. The fourth-order valence-corrected chi connectivity index (χ4v) is 1.81. The molecule has 0 unspecified atom stereocenters. The van der Waals surface area contributed by atoms with Crippen LogP contribution in [0.4, 0.5) is 11.4 Å². The molecule has 0 saturated heterocycles. The second-order valence-electron chi connectivity index (χ2n) is 5.10. The molecule has 0 aliphatic heterocycles. The first-order valence-electron chi connectivity index (χ1n) is 7.84. The fourth-order valence-electron chi connectivity index (χ4n) is 1.81. The lowest BCUT2D eigenvalue weighted by molar-refractivity contribution is -0.384. The third-order valence-corrected chi connectivity index (χ3v) is 3.20. The quantitative estimate of drug-likeness (QED) is 0.253. The second-order valence-corrected chi connectivity index (χ2v) is 5.10. The van der Waals surface area contributed by atoms with Gasteiger partial charge in [0.1, 0.15) is 13.5 Å². The summed E-state index contributed by atoms with van der Waals surface area (Å²) in [5, 5.41) is 10.7. The number of benzene rings is 1. The van der Waals surface area contributed by atoms with Gasteiger partial charge in [0.25, 0.3) is 5.69 Å². The van der Waals surface area contributed by atoms with Crippen molar-refractivity contribution in [2.45, 2.75) is 39.5 Å². The van der Waals surface area contributed by atoms with Gasteiger partial charge >= 0.3 is 0 Å². The van der Waals surface area contributed by atoms with E-state index in [1.54, 1.807) is 12.1 Å². The minimum absolute atomic E-state index is 0.0857. The normalized spacial score (nSPS) is 10.6. The van der Waals surface area contributed by atoms with E-state index < -0.39 is 4.92 Å². The minimum atomic E-state index is -0.399. The van der Waals surface area contributed by atoms with Crippen LogP contribution >= 0.6 is 0 Å². The molecule has 0 aliphatic carbocycles. The molecule has 124 valence electrons. The molecule has 1 aromatic rings. The van der Waals surface area contributed by atoms with Crippen molar-refractivity contribution >= 4 is 11.4 Å². The van der Waals surface area contributed by atoms with E-state index in [1.807, 2.05) is 4.90 Å². The number of rotatable bonds is 12. The van der Waals surface area contributed by atoms with Crippen LogP contribution in [0, 0.1) is 10.1 Å². The van der Waals surface area contributed by atoms with Crippen LogP contribution in [0.2, 0.25) is 0 Å². The maximum Gasteiger partial charge on any atom is 0.269 e. The van der Waals surface area contributed by atoms with Crippen molar-refractivity contribution in [3.63, 3.8) is 0 Å². The summed E-state index contributed by atoms with van der Waals surface area (Å²) in [5.74, 6) is 0. The first kappa shape index (κ1) is 18.4. The lowest BCUT2D eigenvalue weighted by Crippen LogP contribution is -2.29. The fraction of sp³-hybridized carbons (Fsp3) is 0.625. The first-order chi connectivity index (χ1) is 10.7. The molecule has 0 bridgehead atoms. The average Bonchev–Trinajstić information content (AvgIpc) is 2.53. The Morgan fingerprint density at radius 2 is 1.50 bits per heavy atom. The molecular weight excluding hydrogens is 284 g/mol. The smallest absolute Gasteiger partial charge is 0.269 e. The summed E-state index contributed by atoms with van der Waals surface area (Å²) < 4.78 is 11.3. The monoisotopic (exact) mass is 310 g/mol. The van der Waals surface area contributed by atoms with Gasteiger partial charge in [-0.05, 0) is 25.0 Å². The predicted octanol–water partition coefficient (Wildman–Crippen LogP) is 3.95. The standard InChI is InChI=1S/C16H26N2O4/c1-3-5-11-21-13-17(14-22-12-6-4-2)15-7-9-16(10-8-15)18(19)20/h7-10H,3-6,11-14H2,1-2H3. The maximum absolute atomic E-state index is 10.7. The number of anilines is 1. The van der Waals surface area contributed by atoms with Gasteiger partial charge < -0.3 is 14.4 Å². The second kappa shape index (κ2) is 11.0. The summed E-state index contributed by atoms with van der Waals surface area (Å²) in [6.07, 6.45) is 4.21. The van der Waals surface area contributed by atoms with Crippen molar-refractivity contribution in [2.75, 3.05) is 31.6 Å². The summed E-state index contributed by atoms with van der Waals surface area (Å²) in [7, 11) is 0. The highest BCUT2D eigenvalue weighted by Crippen LogP contribution is 2.19. The Kier molecular flexibility index (Phi) is 9.18. The molecule has 0 amide bonds. The molecule has 0 N–H and O–H groups in total. The Morgan fingerprint density at radius 3 is 1.91 bits per heavy atom. The third kappa shape index (κ3) is 6.87. The maximum atomic E-state index is 10.7. The van der Waals surface area contributed by atoms with Gasteiger partial charge in [-0.1, -0.05) is 26.7 Å². The van der Waals surface area contributed by atoms with Gasteiger partial charge in [0.2, 0.25) is 0 Å². The molecule has 0 heterocycles. The van der Waals surface area contributed by atoms with Crippen LogP contribution in [0.5, 0.6) is 0 Å². The summed E-state index contributed by atoms with van der Waals surface area (Å²) in [4.78, 5) is 12.3. The van der Waals surface area contributed by atoms with Gasteiger partial charge in [-0.15, -0.1) is 0 Å². The number of unbranched alkanes of at least 4 members (excludes halogenated alkanes) is 2. The molecule has 0 saturated carbocycles. The van der Waals surface area contributed by atoms with Crippen molar-refractivity contribution in [1.29, 1.82) is 0 Å². The van der Waals surface area contributed by atoms with E-state index in [2.05, 4.69) is 13.8 Å². The topological polar surface area (TPSA) is 64.8 Å². The minimum Gasteiger partial charge on any atom is -0.361 e. The van der Waals surface area contributed by atoms with Crippen LogP contribution in [-0.2, 0) is 9.47 Å². The Balaban J connectivity index is 2.59. The van der Waals surface area contributed by atoms with E-state index in [1.165, 1.54) is 12.1 Å². The van der Waals surface area contributed by atoms with Crippen LogP contribution in [0.25, 0.3) is 0 Å². The lowest BCUT2D eigenvalue weighted by atomic mass is 10.3. The Morgan fingerprint density at radius 1 is 1.00 bits per heavy atom.